The number of hydrogen-bond acceptors (Lipinski definition) is 4. The first-order valence-corrected chi connectivity index (χ1v) is 7.23. The van der Waals surface area contributed by atoms with Crippen LogP contribution in [0.4, 0.5) is 11.4 Å². The van der Waals surface area contributed by atoms with Gasteiger partial charge < -0.3 is 10.2 Å². The summed E-state index contributed by atoms with van der Waals surface area (Å²) < 4.78 is 0. The lowest BCUT2D eigenvalue weighted by Gasteiger charge is -2.27. The molecule has 1 aliphatic heterocycles. The van der Waals surface area contributed by atoms with Gasteiger partial charge in [0.05, 0.1) is 4.92 Å². The van der Waals surface area contributed by atoms with Crippen LogP contribution in [0.25, 0.3) is 0 Å². The van der Waals surface area contributed by atoms with E-state index in [1.807, 2.05) is 0 Å². The number of hydrogen-bond donors (Lipinski definition) is 1. The molecule has 0 radical (unpaired) electrons. The Bertz CT molecular complexity index is 557. The average molecular weight is 291 g/mol. The van der Waals surface area contributed by atoms with Crippen LogP contribution in [0.1, 0.15) is 37.0 Å². The fourth-order valence-corrected chi connectivity index (χ4v) is 3.01. The minimum Gasteiger partial charge on any atom is -0.383 e. The van der Waals surface area contributed by atoms with Gasteiger partial charge in [0.15, 0.2) is 0 Å². The molecule has 1 saturated heterocycles. The number of carbonyl (C=O) groups is 1. The van der Waals surface area contributed by atoms with Gasteiger partial charge in [0.2, 0.25) is 0 Å². The quantitative estimate of drug-likeness (QED) is 0.683. The number of para-hydroxylation sites is 1. The van der Waals surface area contributed by atoms with E-state index in [1.54, 1.807) is 24.1 Å². The Labute approximate surface area is 124 Å². The number of benzene rings is 1. The molecule has 6 nitrogen and oxygen atoms in total. The highest BCUT2D eigenvalue weighted by atomic mass is 16.6. The van der Waals surface area contributed by atoms with Crippen molar-refractivity contribution in [2.75, 3.05) is 18.9 Å². The summed E-state index contributed by atoms with van der Waals surface area (Å²) >= 11 is 0. The highest BCUT2D eigenvalue weighted by molar-refractivity contribution is 6.00. The SMILES string of the molecule is CNc1cccc(C(=O)N2CCCC2C(C)C)c1[N+](=O)[O-]. The van der Waals surface area contributed by atoms with Gasteiger partial charge in [0.1, 0.15) is 11.3 Å². The summed E-state index contributed by atoms with van der Waals surface area (Å²) in [7, 11) is 1.61. The molecular formula is C15H21N3O3. The minimum atomic E-state index is -0.487. The summed E-state index contributed by atoms with van der Waals surface area (Å²) in [6.45, 7) is 4.83. The van der Waals surface area contributed by atoms with Gasteiger partial charge in [-0.25, -0.2) is 0 Å². The number of nitro groups is 1. The van der Waals surface area contributed by atoms with Crippen LogP contribution in [0.15, 0.2) is 18.2 Å². The maximum atomic E-state index is 12.7. The zero-order valence-corrected chi connectivity index (χ0v) is 12.6. The molecule has 1 unspecified atom stereocenters. The predicted molar refractivity (Wildman–Crippen MR) is 81.5 cm³/mol. The Morgan fingerprint density at radius 2 is 2.19 bits per heavy atom. The van der Waals surface area contributed by atoms with Crippen LogP contribution in [0.3, 0.4) is 0 Å². The first-order chi connectivity index (χ1) is 9.97. The Kier molecular flexibility index (Phi) is 4.45. The smallest absolute Gasteiger partial charge is 0.305 e. The fraction of sp³-hybridized carbons (Fsp3) is 0.533. The molecule has 21 heavy (non-hydrogen) atoms. The zero-order valence-electron chi connectivity index (χ0n) is 12.6. The number of nitrogens with zero attached hydrogens (tertiary/aromatic N) is 2. The van der Waals surface area contributed by atoms with Gasteiger partial charge in [-0.2, -0.15) is 0 Å². The van der Waals surface area contributed by atoms with Crippen LogP contribution in [-0.2, 0) is 0 Å². The molecule has 0 bridgehead atoms. The third-order valence-electron chi connectivity index (χ3n) is 4.05. The van der Waals surface area contributed by atoms with Crippen LogP contribution < -0.4 is 5.32 Å². The van der Waals surface area contributed by atoms with Crippen molar-refractivity contribution in [1.29, 1.82) is 0 Å². The van der Waals surface area contributed by atoms with Gasteiger partial charge in [0, 0.05) is 19.6 Å². The number of anilines is 1. The average Bonchev–Trinajstić information content (AvgIpc) is 2.95. The topological polar surface area (TPSA) is 75.5 Å². The minimum absolute atomic E-state index is 0.139. The highest BCUT2D eigenvalue weighted by Gasteiger charge is 2.35. The second-order valence-electron chi connectivity index (χ2n) is 5.66. The molecule has 1 aromatic carbocycles. The van der Waals surface area contributed by atoms with E-state index < -0.39 is 4.92 Å². The van der Waals surface area contributed by atoms with E-state index in [9.17, 15) is 14.9 Å². The standard InChI is InChI=1S/C15H21N3O3/c1-10(2)13-8-5-9-17(13)15(19)11-6-4-7-12(16-3)14(11)18(20)21/h4,6-7,10,13,16H,5,8-9H2,1-3H3. The Hall–Kier alpha value is -2.11. The molecule has 1 aliphatic rings. The molecular weight excluding hydrogens is 270 g/mol. The monoisotopic (exact) mass is 291 g/mol. The van der Waals surface area contributed by atoms with Crippen LogP contribution in [0.5, 0.6) is 0 Å². The summed E-state index contributed by atoms with van der Waals surface area (Å²) in [4.78, 5) is 25.4. The van der Waals surface area contributed by atoms with Crippen LogP contribution >= 0.6 is 0 Å². The number of nitrogens with one attached hydrogen (secondary N) is 1. The predicted octanol–water partition coefficient (Wildman–Crippen LogP) is 2.90. The van der Waals surface area contributed by atoms with Crippen molar-refractivity contribution in [1.82, 2.24) is 4.90 Å². The van der Waals surface area contributed by atoms with E-state index in [0.29, 0.717) is 18.2 Å². The summed E-state index contributed by atoms with van der Waals surface area (Å²) in [6, 6.07) is 4.98. The van der Waals surface area contributed by atoms with Crippen LogP contribution in [0.2, 0.25) is 0 Å². The normalized spacial score (nSPS) is 18.1. The van der Waals surface area contributed by atoms with Gasteiger partial charge in [-0.3, -0.25) is 14.9 Å². The van der Waals surface area contributed by atoms with Crippen molar-refractivity contribution in [2.45, 2.75) is 32.7 Å². The maximum absolute atomic E-state index is 12.7. The van der Waals surface area contributed by atoms with Crippen molar-refractivity contribution in [3.63, 3.8) is 0 Å². The van der Waals surface area contributed by atoms with Gasteiger partial charge in [0.25, 0.3) is 5.91 Å². The molecule has 0 aliphatic carbocycles. The second kappa shape index (κ2) is 6.11. The summed E-state index contributed by atoms with van der Waals surface area (Å²) in [5.74, 6) is 0.109. The van der Waals surface area contributed by atoms with E-state index in [-0.39, 0.29) is 23.2 Å². The van der Waals surface area contributed by atoms with E-state index in [4.69, 9.17) is 0 Å². The molecule has 6 heteroatoms. The molecule has 114 valence electrons. The summed E-state index contributed by atoms with van der Waals surface area (Å²) in [5.41, 5.74) is 0.393. The van der Waals surface area contributed by atoms with E-state index in [1.165, 1.54) is 6.07 Å². The number of rotatable bonds is 4. The van der Waals surface area contributed by atoms with Crippen molar-refractivity contribution in [3.05, 3.63) is 33.9 Å². The lowest BCUT2D eigenvalue weighted by atomic mass is 10.0. The largest absolute Gasteiger partial charge is 0.383 e. The number of amides is 1. The molecule has 1 fully saturated rings. The first kappa shape index (κ1) is 15.3. The third-order valence-corrected chi connectivity index (χ3v) is 4.05. The lowest BCUT2D eigenvalue weighted by Crippen LogP contribution is -2.38. The number of nitro benzene ring substituents is 1. The van der Waals surface area contributed by atoms with E-state index >= 15 is 0 Å². The summed E-state index contributed by atoms with van der Waals surface area (Å²) in [6.07, 6.45) is 1.91. The Morgan fingerprint density at radius 1 is 1.48 bits per heavy atom. The summed E-state index contributed by atoms with van der Waals surface area (Å²) in [5, 5.41) is 14.1. The molecule has 0 saturated carbocycles. The highest BCUT2D eigenvalue weighted by Crippen LogP contribution is 2.32. The first-order valence-electron chi connectivity index (χ1n) is 7.23. The maximum Gasteiger partial charge on any atom is 0.305 e. The van der Waals surface area contributed by atoms with Gasteiger partial charge in [-0.1, -0.05) is 19.9 Å². The Morgan fingerprint density at radius 3 is 2.76 bits per heavy atom. The number of likely N-dealkylation sites (tertiary alicyclic amines) is 1. The third kappa shape index (κ3) is 2.84. The zero-order chi connectivity index (χ0) is 15.6. The van der Waals surface area contributed by atoms with Gasteiger partial charge in [-0.05, 0) is 30.9 Å². The van der Waals surface area contributed by atoms with Crippen molar-refractivity contribution in [2.24, 2.45) is 5.92 Å². The van der Waals surface area contributed by atoms with E-state index in [2.05, 4.69) is 19.2 Å². The second-order valence-corrected chi connectivity index (χ2v) is 5.66. The van der Waals surface area contributed by atoms with Crippen molar-refractivity contribution in [3.8, 4) is 0 Å². The van der Waals surface area contributed by atoms with Crippen molar-refractivity contribution < 1.29 is 9.72 Å². The number of carbonyl (C=O) groups excluding carboxylic acids is 1. The lowest BCUT2D eigenvalue weighted by molar-refractivity contribution is -0.384. The molecule has 1 N–H and O–H groups in total. The van der Waals surface area contributed by atoms with Crippen LogP contribution in [0, 0.1) is 16.0 Å². The molecule has 1 amide bonds. The van der Waals surface area contributed by atoms with Crippen LogP contribution in [-0.4, -0.2) is 35.4 Å². The molecule has 0 aromatic heterocycles. The van der Waals surface area contributed by atoms with Gasteiger partial charge >= 0.3 is 5.69 Å². The molecule has 1 atom stereocenters. The fourth-order valence-electron chi connectivity index (χ4n) is 3.01. The van der Waals surface area contributed by atoms with Gasteiger partial charge in [-0.15, -0.1) is 0 Å². The molecule has 2 rings (SSSR count). The Balaban J connectivity index is 2.42. The molecule has 1 aromatic rings. The van der Waals surface area contributed by atoms with Crippen molar-refractivity contribution >= 4 is 17.3 Å². The molecule has 0 spiro atoms. The van der Waals surface area contributed by atoms with E-state index in [0.717, 1.165) is 12.8 Å². The molecule has 1 heterocycles.